The number of carbonyl (C=O) groups is 2. The van der Waals surface area contributed by atoms with Crippen molar-refractivity contribution in [2.45, 2.75) is 56.3 Å². The molecule has 0 saturated heterocycles. The molecule has 3 N–H and O–H groups in total. The molecular formula is C31H31Cl2N5O4S. The predicted molar refractivity (Wildman–Crippen MR) is 167 cm³/mol. The third-order valence-corrected chi connectivity index (χ3v) is 9.55. The third-order valence-electron chi connectivity index (χ3n) is 8.26. The first-order valence-corrected chi connectivity index (χ1v) is 16.8. The molecule has 1 saturated carbocycles. The van der Waals surface area contributed by atoms with E-state index in [9.17, 15) is 18.0 Å². The van der Waals surface area contributed by atoms with E-state index in [-0.39, 0.29) is 18.4 Å². The van der Waals surface area contributed by atoms with Gasteiger partial charge in [0.25, 0.3) is 5.91 Å². The number of hydrogen-bond acceptors (Lipinski definition) is 5. The summed E-state index contributed by atoms with van der Waals surface area (Å²) in [5, 5.41) is 3.77. The van der Waals surface area contributed by atoms with Crippen molar-refractivity contribution in [3.63, 3.8) is 0 Å². The quantitative estimate of drug-likeness (QED) is 0.252. The van der Waals surface area contributed by atoms with E-state index < -0.39 is 34.1 Å². The number of hydrogen-bond donors (Lipinski definition) is 3. The van der Waals surface area contributed by atoms with Crippen molar-refractivity contribution in [1.29, 1.82) is 0 Å². The number of benzene rings is 3. The van der Waals surface area contributed by atoms with Crippen molar-refractivity contribution < 1.29 is 18.0 Å². The molecule has 0 bridgehead atoms. The molecule has 9 nitrogen and oxygen atoms in total. The molecule has 1 fully saturated rings. The maximum atomic E-state index is 14.4. The zero-order valence-electron chi connectivity index (χ0n) is 23.4. The summed E-state index contributed by atoms with van der Waals surface area (Å²) >= 11 is 13.1. The second-order valence-corrected chi connectivity index (χ2v) is 13.8. The Morgan fingerprint density at radius 1 is 1.02 bits per heavy atom. The number of nitrogens with one attached hydrogen (secondary N) is 3. The molecule has 3 aromatic carbocycles. The van der Waals surface area contributed by atoms with Gasteiger partial charge in [-0.15, -0.1) is 0 Å². The Morgan fingerprint density at radius 3 is 2.53 bits per heavy atom. The van der Waals surface area contributed by atoms with Gasteiger partial charge in [-0.2, -0.15) is 0 Å². The summed E-state index contributed by atoms with van der Waals surface area (Å²) in [6, 6.07) is 17.8. The number of halogens is 2. The molecule has 1 aliphatic carbocycles. The Kier molecular flexibility index (Phi) is 8.21. The summed E-state index contributed by atoms with van der Waals surface area (Å²) in [5.41, 5.74) is 3.18. The second-order valence-electron chi connectivity index (χ2n) is 11.2. The number of para-hydroxylation sites is 2. The van der Waals surface area contributed by atoms with Gasteiger partial charge in [0.05, 0.1) is 35.8 Å². The highest BCUT2D eigenvalue weighted by molar-refractivity contribution is 7.88. The minimum absolute atomic E-state index is 0.142. The lowest BCUT2D eigenvalue weighted by atomic mass is 9.76. The van der Waals surface area contributed by atoms with Gasteiger partial charge in [-0.25, -0.2) is 18.1 Å². The van der Waals surface area contributed by atoms with Crippen LogP contribution in [-0.2, 0) is 21.4 Å². The van der Waals surface area contributed by atoms with Gasteiger partial charge >= 0.3 is 0 Å². The van der Waals surface area contributed by atoms with Crippen LogP contribution in [0.2, 0.25) is 10.0 Å². The molecule has 1 aromatic heterocycles. The maximum absolute atomic E-state index is 14.4. The fourth-order valence-corrected chi connectivity index (χ4v) is 7.84. The van der Waals surface area contributed by atoms with E-state index in [0.29, 0.717) is 45.4 Å². The van der Waals surface area contributed by atoms with Gasteiger partial charge in [0.1, 0.15) is 5.82 Å². The minimum atomic E-state index is -3.57. The first kappa shape index (κ1) is 29.6. The standard InChI is InChI=1S/C31H31Cl2N5O4S/c1-43(41,42)37-25-12-6-7-13-26(25)38-29(21-15-14-18(32)16-22(21)33)28(19-8-2-3-9-20(19)31(38)40)30(39)34-17-27-35-23-10-4-5-11-24(23)36-27/h2-5,8-11,14-16,25-26,28-29,37H,6-7,12-13,17H2,1H3,(H,34,39)(H,35,36)/t25?,26-,28+,29-/m0/s1. The van der Waals surface area contributed by atoms with Gasteiger partial charge in [-0.1, -0.05) is 72.4 Å². The zero-order valence-corrected chi connectivity index (χ0v) is 25.7. The normalized spacial score (nSPS) is 22.4. The molecule has 0 radical (unpaired) electrons. The summed E-state index contributed by atoms with van der Waals surface area (Å²) in [5.74, 6) is -0.847. The Balaban J connectivity index is 1.45. The van der Waals surface area contributed by atoms with E-state index in [0.717, 1.165) is 30.1 Å². The number of aromatic amines is 1. The van der Waals surface area contributed by atoms with Gasteiger partial charge in [0.15, 0.2) is 0 Å². The molecule has 0 spiro atoms. The van der Waals surface area contributed by atoms with Crippen molar-refractivity contribution >= 4 is 56.1 Å². The molecule has 2 amide bonds. The number of sulfonamides is 1. The van der Waals surface area contributed by atoms with Crippen LogP contribution < -0.4 is 10.0 Å². The third kappa shape index (κ3) is 6.02. The lowest BCUT2D eigenvalue weighted by Crippen LogP contribution is -2.59. The highest BCUT2D eigenvalue weighted by Crippen LogP contribution is 2.47. The number of H-pyrrole nitrogens is 1. The van der Waals surface area contributed by atoms with Gasteiger partial charge in [-0.05, 0) is 54.3 Å². The summed E-state index contributed by atoms with van der Waals surface area (Å²) < 4.78 is 27.5. The van der Waals surface area contributed by atoms with Gasteiger partial charge < -0.3 is 15.2 Å². The second kappa shape index (κ2) is 11.9. The predicted octanol–water partition coefficient (Wildman–Crippen LogP) is 5.33. The number of aromatic nitrogens is 2. The van der Waals surface area contributed by atoms with Gasteiger partial charge in [0, 0.05) is 27.7 Å². The fraction of sp³-hybridized carbons (Fsp3) is 0.323. The average molecular weight is 641 g/mol. The number of fused-ring (bicyclic) bond motifs is 2. The minimum Gasteiger partial charge on any atom is -0.348 e. The van der Waals surface area contributed by atoms with Crippen LogP contribution in [0.4, 0.5) is 0 Å². The van der Waals surface area contributed by atoms with E-state index >= 15 is 0 Å². The zero-order chi connectivity index (χ0) is 30.3. The molecule has 2 aliphatic rings. The molecule has 4 atom stereocenters. The van der Waals surface area contributed by atoms with Crippen molar-refractivity contribution in [3.05, 3.63) is 99.3 Å². The topological polar surface area (TPSA) is 124 Å². The fourth-order valence-electron chi connectivity index (χ4n) is 6.50. The lowest BCUT2D eigenvalue weighted by Gasteiger charge is -2.49. The largest absolute Gasteiger partial charge is 0.348 e. The van der Waals surface area contributed by atoms with Crippen LogP contribution in [0.1, 0.15) is 65.0 Å². The lowest BCUT2D eigenvalue weighted by molar-refractivity contribution is -0.124. The summed E-state index contributed by atoms with van der Waals surface area (Å²) in [7, 11) is -3.57. The Morgan fingerprint density at radius 2 is 1.77 bits per heavy atom. The van der Waals surface area contributed by atoms with Gasteiger partial charge in [0.2, 0.25) is 15.9 Å². The van der Waals surface area contributed by atoms with Crippen LogP contribution in [0, 0.1) is 0 Å². The molecule has 6 rings (SSSR count). The van der Waals surface area contributed by atoms with Crippen molar-refractivity contribution in [1.82, 2.24) is 24.9 Å². The maximum Gasteiger partial charge on any atom is 0.255 e. The van der Waals surface area contributed by atoms with Crippen LogP contribution >= 0.6 is 23.2 Å². The average Bonchev–Trinajstić information content (AvgIpc) is 3.39. The Hall–Kier alpha value is -3.44. The molecule has 12 heteroatoms. The molecule has 2 heterocycles. The molecule has 4 aromatic rings. The van der Waals surface area contributed by atoms with Crippen molar-refractivity contribution in [3.8, 4) is 0 Å². The number of imidazole rings is 1. The van der Waals surface area contributed by atoms with E-state index in [1.54, 1.807) is 47.4 Å². The van der Waals surface area contributed by atoms with E-state index in [1.807, 2.05) is 24.3 Å². The highest BCUT2D eigenvalue weighted by Gasteiger charge is 2.49. The van der Waals surface area contributed by atoms with Crippen LogP contribution in [0.25, 0.3) is 11.0 Å². The van der Waals surface area contributed by atoms with Crippen molar-refractivity contribution in [2.24, 2.45) is 0 Å². The first-order chi connectivity index (χ1) is 20.6. The Bertz CT molecular complexity index is 1780. The van der Waals surface area contributed by atoms with Crippen LogP contribution in [0.15, 0.2) is 66.7 Å². The number of nitrogens with zero attached hydrogens (tertiary/aromatic N) is 2. The number of rotatable bonds is 7. The molecule has 224 valence electrons. The first-order valence-electron chi connectivity index (χ1n) is 14.2. The summed E-state index contributed by atoms with van der Waals surface area (Å²) in [6.45, 7) is 0.142. The summed E-state index contributed by atoms with van der Waals surface area (Å²) in [4.78, 5) is 38.2. The number of carbonyl (C=O) groups excluding carboxylic acids is 2. The Labute approximate surface area is 260 Å². The van der Waals surface area contributed by atoms with Crippen LogP contribution in [-0.4, -0.2) is 53.4 Å². The van der Waals surface area contributed by atoms with Gasteiger partial charge in [-0.3, -0.25) is 9.59 Å². The summed E-state index contributed by atoms with van der Waals surface area (Å²) in [6.07, 6.45) is 3.87. The molecule has 1 aliphatic heterocycles. The van der Waals surface area contributed by atoms with E-state index in [2.05, 4.69) is 20.0 Å². The van der Waals surface area contributed by atoms with E-state index in [1.165, 1.54) is 0 Å². The molecular weight excluding hydrogens is 609 g/mol. The van der Waals surface area contributed by atoms with Crippen LogP contribution in [0.5, 0.6) is 0 Å². The SMILES string of the molecule is CS(=O)(=O)NC1CCCC[C@@H]1N1C(=O)c2ccccc2[C@@H](C(=O)NCc2nc3ccccc3[nH]2)[C@@H]1c1ccc(Cl)cc1Cl. The number of amides is 2. The monoisotopic (exact) mass is 639 g/mol. The molecule has 43 heavy (non-hydrogen) atoms. The van der Waals surface area contributed by atoms with Crippen molar-refractivity contribution in [2.75, 3.05) is 6.26 Å². The molecule has 1 unspecified atom stereocenters. The van der Waals surface area contributed by atoms with Crippen LogP contribution in [0.3, 0.4) is 0 Å². The smallest absolute Gasteiger partial charge is 0.255 e. The van der Waals surface area contributed by atoms with E-state index in [4.69, 9.17) is 23.2 Å². The highest BCUT2D eigenvalue weighted by atomic mass is 35.5.